The summed E-state index contributed by atoms with van der Waals surface area (Å²) in [5.41, 5.74) is 1.17. The highest BCUT2D eigenvalue weighted by Gasteiger charge is 2.16. The standard InChI is InChI=1S/C15H13NO4/c17-15(20-11-12-6-2-1-3-7-12)10-13-8-4-5-9-14(13)16(18)19/h1-9H,10-11H2. The molecular weight excluding hydrogens is 258 g/mol. The van der Waals surface area contributed by atoms with Gasteiger partial charge in [0, 0.05) is 11.6 Å². The fraction of sp³-hybridized carbons (Fsp3) is 0.133. The van der Waals surface area contributed by atoms with E-state index in [1.807, 2.05) is 30.3 Å². The number of esters is 1. The Morgan fingerprint density at radius 2 is 1.70 bits per heavy atom. The largest absolute Gasteiger partial charge is 0.461 e. The Labute approximate surface area is 116 Å². The van der Waals surface area contributed by atoms with E-state index in [2.05, 4.69) is 0 Å². The molecule has 0 saturated carbocycles. The van der Waals surface area contributed by atoms with Crippen LogP contribution in [0.4, 0.5) is 5.69 Å². The maximum atomic E-state index is 11.7. The van der Waals surface area contributed by atoms with Crippen molar-refractivity contribution in [2.75, 3.05) is 0 Å². The molecule has 102 valence electrons. The van der Waals surface area contributed by atoms with Crippen molar-refractivity contribution >= 4 is 11.7 Å². The zero-order valence-electron chi connectivity index (χ0n) is 10.7. The molecule has 5 nitrogen and oxygen atoms in total. The van der Waals surface area contributed by atoms with Crippen molar-refractivity contribution < 1.29 is 14.5 Å². The molecule has 0 radical (unpaired) electrons. The highest BCUT2D eigenvalue weighted by Crippen LogP contribution is 2.18. The second-order valence-corrected chi connectivity index (χ2v) is 4.21. The molecule has 0 bridgehead atoms. The van der Waals surface area contributed by atoms with Crippen LogP contribution in [0, 0.1) is 10.1 Å². The molecule has 0 N–H and O–H groups in total. The molecule has 5 heteroatoms. The number of nitrogens with zero attached hydrogens (tertiary/aromatic N) is 1. The van der Waals surface area contributed by atoms with Crippen LogP contribution in [-0.2, 0) is 22.6 Å². The quantitative estimate of drug-likeness (QED) is 0.476. The molecule has 2 aromatic rings. The molecule has 0 saturated heterocycles. The van der Waals surface area contributed by atoms with Gasteiger partial charge >= 0.3 is 5.97 Å². The number of nitro benzene ring substituents is 1. The van der Waals surface area contributed by atoms with E-state index >= 15 is 0 Å². The van der Waals surface area contributed by atoms with Gasteiger partial charge in [-0.2, -0.15) is 0 Å². The van der Waals surface area contributed by atoms with E-state index in [1.54, 1.807) is 18.2 Å². The van der Waals surface area contributed by atoms with E-state index in [9.17, 15) is 14.9 Å². The highest BCUT2D eigenvalue weighted by atomic mass is 16.6. The fourth-order valence-electron chi connectivity index (χ4n) is 1.78. The van der Waals surface area contributed by atoms with E-state index in [0.29, 0.717) is 5.56 Å². The van der Waals surface area contributed by atoms with Gasteiger partial charge in [0.25, 0.3) is 5.69 Å². The molecule has 0 aromatic heterocycles. The van der Waals surface area contributed by atoms with Crippen molar-refractivity contribution in [3.8, 4) is 0 Å². The number of carbonyl (C=O) groups excluding carboxylic acids is 1. The average molecular weight is 271 g/mol. The molecule has 0 spiro atoms. The summed E-state index contributed by atoms with van der Waals surface area (Å²) in [5, 5.41) is 10.8. The molecule has 2 rings (SSSR count). The predicted octanol–water partition coefficient (Wildman–Crippen LogP) is 2.88. The summed E-state index contributed by atoms with van der Waals surface area (Å²) < 4.78 is 5.11. The fourth-order valence-corrected chi connectivity index (χ4v) is 1.78. The highest BCUT2D eigenvalue weighted by molar-refractivity contribution is 5.74. The van der Waals surface area contributed by atoms with Crippen LogP contribution in [0.15, 0.2) is 54.6 Å². The molecule has 0 fully saturated rings. The summed E-state index contributed by atoms with van der Waals surface area (Å²) in [5.74, 6) is -0.483. The van der Waals surface area contributed by atoms with Crippen molar-refractivity contribution in [1.29, 1.82) is 0 Å². The molecule has 0 atom stereocenters. The van der Waals surface area contributed by atoms with Crippen LogP contribution < -0.4 is 0 Å². The number of benzene rings is 2. The van der Waals surface area contributed by atoms with E-state index in [4.69, 9.17) is 4.74 Å². The monoisotopic (exact) mass is 271 g/mol. The van der Waals surface area contributed by atoms with E-state index in [0.717, 1.165) is 5.56 Å². The minimum atomic E-state index is -0.500. The Morgan fingerprint density at radius 3 is 2.40 bits per heavy atom. The first-order chi connectivity index (χ1) is 9.66. The summed E-state index contributed by atoms with van der Waals surface area (Å²) in [6, 6.07) is 15.4. The average Bonchev–Trinajstić information content (AvgIpc) is 2.46. The molecule has 20 heavy (non-hydrogen) atoms. The minimum Gasteiger partial charge on any atom is -0.461 e. The van der Waals surface area contributed by atoms with Gasteiger partial charge in [-0.1, -0.05) is 48.5 Å². The van der Waals surface area contributed by atoms with Gasteiger partial charge in [-0.25, -0.2) is 0 Å². The van der Waals surface area contributed by atoms with Gasteiger partial charge in [0.05, 0.1) is 11.3 Å². The summed E-state index contributed by atoms with van der Waals surface area (Å²) in [4.78, 5) is 22.1. The topological polar surface area (TPSA) is 69.4 Å². The third-order valence-corrected chi connectivity index (χ3v) is 2.77. The van der Waals surface area contributed by atoms with Crippen molar-refractivity contribution in [2.24, 2.45) is 0 Å². The van der Waals surface area contributed by atoms with E-state index in [-0.39, 0.29) is 18.7 Å². The Balaban J connectivity index is 1.97. The molecule has 2 aromatic carbocycles. The second kappa shape index (κ2) is 6.47. The van der Waals surface area contributed by atoms with E-state index in [1.165, 1.54) is 6.07 Å². The Kier molecular flexibility index (Phi) is 4.44. The Hall–Kier alpha value is -2.69. The van der Waals surface area contributed by atoms with Crippen LogP contribution in [0.1, 0.15) is 11.1 Å². The number of carbonyl (C=O) groups is 1. The second-order valence-electron chi connectivity index (χ2n) is 4.21. The summed E-state index contributed by atoms with van der Waals surface area (Å²) in [6.07, 6.45) is -0.107. The Morgan fingerprint density at radius 1 is 1.05 bits per heavy atom. The first kappa shape index (κ1) is 13.7. The van der Waals surface area contributed by atoms with Crippen LogP contribution >= 0.6 is 0 Å². The summed E-state index contributed by atoms with van der Waals surface area (Å²) in [6.45, 7) is 0.167. The van der Waals surface area contributed by atoms with Gasteiger partial charge in [0.15, 0.2) is 0 Å². The first-order valence-electron chi connectivity index (χ1n) is 6.08. The molecule has 0 aliphatic carbocycles. The molecular formula is C15H13NO4. The molecule has 0 heterocycles. The number of nitro groups is 1. The number of rotatable bonds is 5. The van der Waals surface area contributed by atoms with Gasteiger partial charge in [-0.3, -0.25) is 14.9 Å². The maximum absolute atomic E-state index is 11.7. The number of para-hydroxylation sites is 1. The van der Waals surface area contributed by atoms with Gasteiger partial charge in [0.2, 0.25) is 0 Å². The van der Waals surface area contributed by atoms with Crippen LogP contribution in [0.3, 0.4) is 0 Å². The van der Waals surface area contributed by atoms with Crippen LogP contribution in [0.2, 0.25) is 0 Å². The first-order valence-corrected chi connectivity index (χ1v) is 6.08. The molecule has 0 unspecified atom stereocenters. The smallest absolute Gasteiger partial charge is 0.310 e. The van der Waals surface area contributed by atoms with Crippen molar-refractivity contribution in [3.05, 3.63) is 75.8 Å². The van der Waals surface area contributed by atoms with Gasteiger partial charge in [-0.15, -0.1) is 0 Å². The maximum Gasteiger partial charge on any atom is 0.310 e. The van der Waals surface area contributed by atoms with Crippen molar-refractivity contribution in [2.45, 2.75) is 13.0 Å². The molecule has 0 amide bonds. The number of hydrogen-bond donors (Lipinski definition) is 0. The minimum absolute atomic E-state index is 0.0656. The van der Waals surface area contributed by atoms with Gasteiger partial charge < -0.3 is 4.74 Å². The number of hydrogen-bond acceptors (Lipinski definition) is 4. The lowest BCUT2D eigenvalue weighted by molar-refractivity contribution is -0.385. The molecule has 0 aliphatic heterocycles. The lowest BCUT2D eigenvalue weighted by Crippen LogP contribution is -2.09. The normalized spacial score (nSPS) is 10.0. The summed E-state index contributed by atoms with van der Waals surface area (Å²) in [7, 11) is 0. The molecule has 0 aliphatic rings. The van der Waals surface area contributed by atoms with Crippen LogP contribution in [-0.4, -0.2) is 10.9 Å². The third-order valence-electron chi connectivity index (χ3n) is 2.77. The van der Waals surface area contributed by atoms with Crippen molar-refractivity contribution in [3.63, 3.8) is 0 Å². The lowest BCUT2D eigenvalue weighted by atomic mass is 10.1. The predicted molar refractivity (Wildman–Crippen MR) is 73.0 cm³/mol. The van der Waals surface area contributed by atoms with Crippen LogP contribution in [0.25, 0.3) is 0 Å². The Bertz CT molecular complexity index is 610. The van der Waals surface area contributed by atoms with Gasteiger partial charge in [0.1, 0.15) is 6.61 Å². The third kappa shape index (κ3) is 3.65. The van der Waals surface area contributed by atoms with Crippen LogP contribution in [0.5, 0.6) is 0 Å². The van der Waals surface area contributed by atoms with Gasteiger partial charge in [-0.05, 0) is 5.56 Å². The lowest BCUT2D eigenvalue weighted by Gasteiger charge is -2.05. The SMILES string of the molecule is O=C(Cc1ccccc1[N+](=O)[O-])OCc1ccccc1. The zero-order chi connectivity index (χ0) is 14.4. The van der Waals surface area contributed by atoms with Crippen molar-refractivity contribution in [1.82, 2.24) is 0 Å². The number of ether oxygens (including phenoxy) is 1. The van der Waals surface area contributed by atoms with E-state index < -0.39 is 10.9 Å². The summed E-state index contributed by atoms with van der Waals surface area (Å²) >= 11 is 0. The zero-order valence-corrected chi connectivity index (χ0v) is 10.7.